The van der Waals surface area contributed by atoms with Crippen molar-refractivity contribution in [3.63, 3.8) is 0 Å². The molecule has 0 radical (unpaired) electrons. The third-order valence-corrected chi connectivity index (χ3v) is 2.38. The van der Waals surface area contributed by atoms with Gasteiger partial charge in [0.15, 0.2) is 0 Å². The van der Waals surface area contributed by atoms with E-state index in [4.69, 9.17) is 14.2 Å². The van der Waals surface area contributed by atoms with Gasteiger partial charge in [0.1, 0.15) is 12.4 Å². The van der Waals surface area contributed by atoms with E-state index in [1.54, 1.807) is 7.11 Å². The first kappa shape index (κ1) is 14.8. The normalized spacial score (nSPS) is 12.2. The van der Waals surface area contributed by atoms with Crippen molar-refractivity contribution >= 4 is 5.69 Å². The molecule has 102 valence electrons. The topological polar surface area (TPSA) is 39.7 Å². The molecule has 1 aromatic carbocycles. The van der Waals surface area contributed by atoms with Crippen LogP contribution in [0.2, 0.25) is 0 Å². The predicted molar refractivity (Wildman–Crippen MR) is 73.4 cm³/mol. The molecule has 0 heterocycles. The highest BCUT2D eigenvalue weighted by Gasteiger charge is 2.02. The lowest BCUT2D eigenvalue weighted by atomic mass is 10.2. The summed E-state index contributed by atoms with van der Waals surface area (Å²) >= 11 is 0. The summed E-state index contributed by atoms with van der Waals surface area (Å²) in [4.78, 5) is 0. The van der Waals surface area contributed by atoms with Crippen molar-refractivity contribution in [2.24, 2.45) is 0 Å². The van der Waals surface area contributed by atoms with Crippen LogP contribution in [0.5, 0.6) is 5.75 Å². The van der Waals surface area contributed by atoms with E-state index in [-0.39, 0.29) is 6.04 Å². The van der Waals surface area contributed by atoms with Crippen LogP contribution in [-0.2, 0) is 9.47 Å². The number of benzene rings is 1. The summed E-state index contributed by atoms with van der Waals surface area (Å²) in [6, 6.07) is 8.19. The molecule has 0 amide bonds. The van der Waals surface area contributed by atoms with Gasteiger partial charge in [-0.25, -0.2) is 0 Å². The molecule has 1 rings (SSSR count). The van der Waals surface area contributed by atoms with Crippen LogP contribution in [0, 0.1) is 0 Å². The predicted octanol–water partition coefficient (Wildman–Crippen LogP) is 2.55. The van der Waals surface area contributed by atoms with E-state index in [1.807, 2.05) is 31.2 Å². The van der Waals surface area contributed by atoms with Crippen LogP contribution in [0.3, 0.4) is 0 Å². The first-order valence-electron chi connectivity index (χ1n) is 6.32. The summed E-state index contributed by atoms with van der Waals surface area (Å²) < 4.78 is 15.9. The molecule has 0 saturated carbocycles. The van der Waals surface area contributed by atoms with Crippen molar-refractivity contribution in [1.82, 2.24) is 0 Å². The van der Waals surface area contributed by atoms with E-state index in [1.165, 1.54) is 0 Å². The number of rotatable bonds is 9. The minimum atomic E-state index is 0.277. The minimum Gasteiger partial charge on any atom is -0.491 e. The molecule has 4 heteroatoms. The molecule has 1 atom stereocenters. The third kappa shape index (κ3) is 5.89. The second kappa shape index (κ2) is 8.78. The van der Waals surface area contributed by atoms with Crippen molar-refractivity contribution in [3.8, 4) is 5.75 Å². The average molecular weight is 253 g/mol. The summed E-state index contributed by atoms with van der Waals surface area (Å²) in [5, 5.41) is 3.37. The maximum Gasteiger partial charge on any atom is 0.121 e. The van der Waals surface area contributed by atoms with Crippen molar-refractivity contribution in [2.45, 2.75) is 19.9 Å². The lowest BCUT2D eigenvalue weighted by Gasteiger charge is -2.15. The van der Waals surface area contributed by atoms with Gasteiger partial charge in [0.25, 0.3) is 0 Å². The van der Waals surface area contributed by atoms with Gasteiger partial charge in [-0.15, -0.1) is 0 Å². The molecule has 18 heavy (non-hydrogen) atoms. The largest absolute Gasteiger partial charge is 0.491 e. The molecular weight excluding hydrogens is 230 g/mol. The molecule has 4 nitrogen and oxygen atoms in total. The SMILES string of the molecule is CCOCC(C)Nc1cccc(OCCOC)c1. The zero-order valence-electron chi connectivity index (χ0n) is 11.4. The number of ether oxygens (including phenoxy) is 3. The molecule has 1 aromatic rings. The van der Waals surface area contributed by atoms with Crippen LogP contribution in [-0.4, -0.2) is 39.6 Å². The second-order valence-corrected chi connectivity index (χ2v) is 4.07. The van der Waals surface area contributed by atoms with Crippen LogP contribution in [0.15, 0.2) is 24.3 Å². The second-order valence-electron chi connectivity index (χ2n) is 4.07. The number of nitrogens with one attached hydrogen (secondary N) is 1. The van der Waals surface area contributed by atoms with Gasteiger partial charge >= 0.3 is 0 Å². The van der Waals surface area contributed by atoms with Gasteiger partial charge in [-0.05, 0) is 26.0 Å². The summed E-state index contributed by atoms with van der Waals surface area (Å²) in [6.45, 7) is 6.69. The van der Waals surface area contributed by atoms with Gasteiger partial charge in [-0.2, -0.15) is 0 Å². The van der Waals surface area contributed by atoms with E-state index in [2.05, 4.69) is 12.2 Å². The van der Waals surface area contributed by atoms with Crippen molar-refractivity contribution in [3.05, 3.63) is 24.3 Å². The van der Waals surface area contributed by atoms with Gasteiger partial charge < -0.3 is 19.5 Å². The van der Waals surface area contributed by atoms with Crippen molar-refractivity contribution < 1.29 is 14.2 Å². The van der Waals surface area contributed by atoms with Gasteiger partial charge in [-0.1, -0.05) is 6.07 Å². The number of anilines is 1. The molecule has 0 aromatic heterocycles. The van der Waals surface area contributed by atoms with E-state index in [9.17, 15) is 0 Å². The fraction of sp³-hybridized carbons (Fsp3) is 0.571. The van der Waals surface area contributed by atoms with Crippen LogP contribution >= 0.6 is 0 Å². The molecule has 0 aliphatic carbocycles. The quantitative estimate of drug-likeness (QED) is 0.687. The molecule has 0 saturated heterocycles. The summed E-state index contributed by atoms with van der Waals surface area (Å²) in [7, 11) is 1.66. The Hall–Kier alpha value is -1.26. The number of methoxy groups -OCH3 is 1. The zero-order valence-corrected chi connectivity index (χ0v) is 11.4. The standard InChI is InChI=1S/C14H23NO3/c1-4-17-11-12(2)15-13-6-5-7-14(10-13)18-9-8-16-3/h5-7,10,12,15H,4,8-9,11H2,1-3H3. The fourth-order valence-corrected chi connectivity index (χ4v) is 1.54. The Kier molecular flexibility index (Phi) is 7.22. The van der Waals surface area contributed by atoms with Crippen LogP contribution in [0.4, 0.5) is 5.69 Å². The van der Waals surface area contributed by atoms with Crippen LogP contribution < -0.4 is 10.1 Å². The summed E-state index contributed by atoms with van der Waals surface area (Å²) in [5.41, 5.74) is 1.04. The Morgan fingerprint density at radius 2 is 2.11 bits per heavy atom. The lowest BCUT2D eigenvalue weighted by molar-refractivity contribution is 0.141. The van der Waals surface area contributed by atoms with Gasteiger partial charge in [0, 0.05) is 31.5 Å². The first-order valence-corrected chi connectivity index (χ1v) is 6.32. The summed E-state index contributed by atoms with van der Waals surface area (Å²) in [6.07, 6.45) is 0. The van der Waals surface area contributed by atoms with Crippen LogP contribution in [0.1, 0.15) is 13.8 Å². The Bertz CT molecular complexity index is 331. The fourth-order valence-electron chi connectivity index (χ4n) is 1.54. The Morgan fingerprint density at radius 3 is 2.83 bits per heavy atom. The van der Waals surface area contributed by atoms with Crippen molar-refractivity contribution in [2.75, 3.05) is 38.9 Å². The molecule has 0 spiro atoms. The highest BCUT2D eigenvalue weighted by Crippen LogP contribution is 2.18. The van der Waals surface area contributed by atoms with Gasteiger partial charge in [-0.3, -0.25) is 0 Å². The van der Waals surface area contributed by atoms with Gasteiger partial charge in [0.2, 0.25) is 0 Å². The van der Waals surface area contributed by atoms with E-state index in [0.717, 1.165) is 18.0 Å². The Balaban J connectivity index is 2.43. The highest BCUT2D eigenvalue weighted by molar-refractivity contribution is 5.48. The smallest absolute Gasteiger partial charge is 0.121 e. The number of hydrogen-bond donors (Lipinski definition) is 1. The van der Waals surface area contributed by atoms with E-state index < -0.39 is 0 Å². The summed E-state index contributed by atoms with van der Waals surface area (Å²) in [5.74, 6) is 0.848. The minimum absolute atomic E-state index is 0.277. The average Bonchev–Trinajstić information content (AvgIpc) is 2.37. The maximum absolute atomic E-state index is 5.55. The zero-order chi connectivity index (χ0) is 13.2. The van der Waals surface area contributed by atoms with E-state index in [0.29, 0.717) is 19.8 Å². The molecule has 0 bridgehead atoms. The van der Waals surface area contributed by atoms with E-state index >= 15 is 0 Å². The molecule has 0 fully saturated rings. The van der Waals surface area contributed by atoms with Gasteiger partial charge in [0.05, 0.1) is 13.2 Å². The molecule has 1 unspecified atom stereocenters. The molecule has 0 aliphatic heterocycles. The highest BCUT2D eigenvalue weighted by atomic mass is 16.5. The Morgan fingerprint density at radius 1 is 1.28 bits per heavy atom. The third-order valence-electron chi connectivity index (χ3n) is 2.38. The lowest BCUT2D eigenvalue weighted by Crippen LogP contribution is -2.21. The van der Waals surface area contributed by atoms with Crippen LogP contribution in [0.25, 0.3) is 0 Å². The monoisotopic (exact) mass is 253 g/mol. The molecular formula is C14H23NO3. The van der Waals surface area contributed by atoms with Crippen molar-refractivity contribution in [1.29, 1.82) is 0 Å². The number of hydrogen-bond acceptors (Lipinski definition) is 4. The first-order chi connectivity index (χ1) is 8.76. The molecule has 0 aliphatic rings. The molecule has 1 N–H and O–H groups in total. The maximum atomic E-state index is 5.55. The Labute approximate surface area is 109 Å².